The van der Waals surface area contributed by atoms with Crippen molar-refractivity contribution in [2.24, 2.45) is 0 Å². The Balaban J connectivity index is 2.25. The van der Waals surface area contributed by atoms with Gasteiger partial charge in [-0.1, -0.05) is 0 Å². The Morgan fingerprint density at radius 2 is 2.07 bits per heavy atom. The number of hydrogen-bond donors (Lipinski definition) is 1. The van der Waals surface area contributed by atoms with Gasteiger partial charge >= 0.3 is 12.0 Å². The lowest BCUT2D eigenvalue weighted by molar-refractivity contribution is -0.142. The molecule has 2 rings (SSSR count). The molecule has 15 heavy (non-hydrogen) atoms. The molecule has 0 aromatic carbocycles. The highest BCUT2D eigenvalue weighted by Gasteiger charge is 2.48. The van der Waals surface area contributed by atoms with Crippen LogP contribution in [0.25, 0.3) is 0 Å². The first-order valence-electron chi connectivity index (χ1n) is 4.85. The summed E-state index contributed by atoms with van der Waals surface area (Å²) < 4.78 is 0. The molecular formula is C9H12N2O4. The number of fused-ring (bicyclic) bond motifs is 2. The molecule has 0 saturated carbocycles. The van der Waals surface area contributed by atoms with Gasteiger partial charge in [-0.15, -0.1) is 0 Å². The number of carboxylic acids is 1. The van der Waals surface area contributed by atoms with E-state index in [1.54, 1.807) is 0 Å². The summed E-state index contributed by atoms with van der Waals surface area (Å²) >= 11 is 0. The van der Waals surface area contributed by atoms with Crippen molar-refractivity contribution < 1.29 is 19.5 Å². The molecule has 82 valence electrons. The molecule has 2 bridgehead atoms. The molecule has 1 N–H and O–H groups in total. The minimum absolute atomic E-state index is 0.134. The third-order valence-electron chi connectivity index (χ3n) is 3.00. The van der Waals surface area contributed by atoms with Crippen molar-refractivity contribution in [3.8, 4) is 0 Å². The largest absolute Gasteiger partial charge is 0.480 e. The first kappa shape index (κ1) is 9.95. The minimum atomic E-state index is -0.993. The molecular weight excluding hydrogens is 200 g/mol. The number of urea groups is 1. The third kappa shape index (κ3) is 1.36. The molecule has 2 aliphatic rings. The first-order valence-corrected chi connectivity index (χ1v) is 4.85. The molecule has 2 atom stereocenters. The van der Waals surface area contributed by atoms with Crippen LogP contribution in [0, 0.1) is 0 Å². The second-order valence-electron chi connectivity index (χ2n) is 3.91. The van der Waals surface area contributed by atoms with Crippen molar-refractivity contribution in [3.05, 3.63) is 0 Å². The molecule has 2 heterocycles. The SMILES string of the molecule is CC(=O)N1C(=O)N2C[C@H]1CCC2C(=O)O. The van der Waals surface area contributed by atoms with E-state index in [9.17, 15) is 14.4 Å². The lowest BCUT2D eigenvalue weighted by Gasteiger charge is -2.27. The van der Waals surface area contributed by atoms with Crippen LogP contribution >= 0.6 is 0 Å². The van der Waals surface area contributed by atoms with Gasteiger partial charge < -0.3 is 10.0 Å². The number of aliphatic carboxylic acids is 1. The second kappa shape index (κ2) is 3.22. The van der Waals surface area contributed by atoms with Crippen LogP contribution in [0.4, 0.5) is 4.79 Å². The topological polar surface area (TPSA) is 77.9 Å². The van der Waals surface area contributed by atoms with Crippen molar-refractivity contribution >= 4 is 17.9 Å². The standard InChI is InChI=1S/C9H12N2O4/c1-5(12)11-6-2-3-7(8(13)14)10(4-6)9(11)15/h6-7H,2-4H2,1H3,(H,13,14)/t6-,7?/m1/s1. The molecule has 3 amide bonds. The third-order valence-corrected chi connectivity index (χ3v) is 3.00. The molecule has 2 saturated heterocycles. The van der Waals surface area contributed by atoms with Gasteiger partial charge in [0.1, 0.15) is 6.04 Å². The van der Waals surface area contributed by atoms with Gasteiger partial charge in [-0.25, -0.2) is 9.59 Å². The van der Waals surface area contributed by atoms with Crippen LogP contribution in [0.1, 0.15) is 19.8 Å². The Bertz CT molecular complexity index is 341. The Kier molecular flexibility index (Phi) is 2.13. The van der Waals surface area contributed by atoms with E-state index in [1.807, 2.05) is 0 Å². The van der Waals surface area contributed by atoms with Crippen LogP contribution < -0.4 is 0 Å². The Hall–Kier alpha value is -1.59. The summed E-state index contributed by atoms with van der Waals surface area (Å²) in [5.41, 5.74) is 0. The number of carboxylic acid groups (broad SMARTS) is 1. The quantitative estimate of drug-likeness (QED) is 0.657. The summed E-state index contributed by atoms with van der Waals surface area (Å²) in [6.07, 6.45) is 1.01. The van der Waals surface area contributed by atoms with Crippen LogP contribution in [0.3, 0.4) is 0 Å². The van der Waals surface area contributed by atoms with Crippen molar-refractivity contribution in [1.82, 2.24) is 9.80 Å². The summed E-state index contributed by atoms with van der Waals surface area (Å²) in [5, 5.41) is 8.90. The molecule has 0 radical (unpaired) electrons. The van der Waals surface area contributed by atoms with Crippen LogP contribution in [-0.4, -0.2) is 51.4 Å². The number of carbonyl (C=O) groups excluding carboxylic acids is 2. The number of rotatable bonds is 1. The van der Waals surface area contributed by atoms with Crippen molar-refractivity contribution in [3.63, 3.8) is 0 Å². The fourth-order valence-corrected chi connectivity index (χ4v) is 2.32. The van der Waals surface area contributed by atoms with Gasteiger partial charge in [-0.2, -0.15) is 0 Å². The van der Waals surface area contributed by atoms with Crippen molar-refractivity contribution in [2.45, 2.75) is 31.8 Å². The van der Waals surface area contributed by atoms with Crippen LogP contribution in [0.15, 0.2) is 0 Å². The van der Waals surface area contributed by atoms with E-state index in [2.05, 4.69) is 0 Å². The molecule has 2 fully saturated rings. The first-order chi connectivity index (χ1) is 7.02. The smallest absolute Gasteiger partial charge is 0.327 e. The minimum Gasteiger partial charge on any atom is -0.480 e. The molecule has 1 unspecified atom stereocenters. The Morgan fingerprint density at radius 1 is 1.40 bits per heavy atom. The van der Waals surface area contributed by atoms with Crippen molar-refractivity contribution in [1.29, 1.82) is 0 Å². The average Bonchev–Trinajstić information content (AvgIpc) is 2.39. The van der Waals surface area contributed by atoms with Gasteiger partial charge in [-0.3, -0.25) is 9.69 Å². The maximum atomic E-state index is 11.7. The van der Waals surface area contributed by atoms with E-state index < -0.39 is 18.0 Å². The molecule has 0 spiro atoms. The lowest BCUT2D eigenvalue weighted by Crippen LogP contribution is -2.45. The van der Waals surface area contributed by atoms with E-state index in [-0.39, 0.29) is 11.9 Å². The Morgan fingerprint density at radius 3 is 2.60 bits per heavy atom. The van der Waals surface area contributed by atoms with E-state index in [1.165, 1.54) is 16.7 Å². The van der Waals surface area contributed by atoms with Gasteiger partial charge in [-0.05, 0) is 12.8 Å². The van der Waals surface area contributed by atoms with E-state index >= 15 is 0 Å². The summed E-state index contributed by atoms with van der Waals surface area (Å²) in [6.45, 7) is 1.69. The fourth-order valence-electron chi connectivity index (χ4n) is 2.32. The molecule has 0 aromatic heterocycles. The Labute approximate surface area is 86.4 Å². The van der Waals surface area contributed by atoms with Gasteiger partial charge in [0.05, 0.1) is 6.04 Å². The van der Waals surface area contributed by atoms with Gasteiger partial charge in [0, 0.05) is 13.5 Å². The highest BCUT2D eigenvalue weighted by molar-refractivity contribution is 5.97. The molecule has 0 aromatic rings. The molecule has 0 aliphatic carbocycles. The second-order valence-corrected chi connectivity index (χ2v) is 3.91. The van der Waals surface area contributed by atoms with E-state index in [0.717, 1.165) is 0 Å². The van der Waals surface area contributed by atoms with Crippen molar-refractivity contribution in [2.75, 3.05) is 6.54 Å². The van der Waals surface area contributed by atoms with E-state index in [4.69, 9.17) is 5.11 Å². The van der Waals surface area contributed by atoms with Gasteiger partial charge in [0.25, 0.3) is 0 Å². The highest BCUT2D eigenvalue weighted by atomic mass is 16.4. The number of nitrogens with zero attached hydrogens (tertiary/aromatic N) is 2. The summed E-state index contributed by atoms with van der Waals surface area (Å²) in [6, 6.07) is -1.36. The maximum absolute atomic E-state index is 11.7. The fraction of sp³-hybridized carbons (Fsp3) is 0.667. The summed E-state index contributed by atoms with van der Waals surface area (Å²) in [7, 11) is 0. The predicted molar refractivity (Wildman–Crippen MR) is 49.1 cm³/mol. The predicted octanol–water partition coefficient (Wildman–Crippen LogP) is -0.114. The highest BCUT2D eigenvalue weighted by Crippen LogP contribution is 2.29. The molecule has 6 nitrogen and oxygen atoms in total. The molecule has 2 aliphatic heterocycles. The zero-order valence-corrected chi connectivity index (χ0v) is 8.34. The van der Waals surface area contributed by atoms with Crippen LogP contribution in [0.2, 0.25) is 0 Å². The summed E-state index contributed by atoms with van der Waals surface area (Å²) in [5.74, 6) is -1.30. The number of carbonyl (C=O) groups is 3. The number of hydrogen-bond acceptors (Lipinski definition) is 3. The number of piperidine rings is 1. The zero-order chi connectivity index (χ0) is 11.2. The van der Waals surface area contributed by atoms with Crippen LogP contribution in [-0.2, 0) is 9.59 Å². The van der Waals surface area contributed by atoms with Gasteiger partial charge in [0.2, 0.25) is 5.91 Å². The number of amides is 3. The zero-order valence-electron chi connectivity index (χ0n) is 8.34. The maximum Gasteiger partial charge on any atom is 0.327 e. The number of imide groups is 1. The summed E-state index contributed by atoms with van der Waals surface area (Å²) in [4.78, 5) is 36.2. The van der Waals surface area contributed by atoms with Crippen LogP contribution in [0.5, 0.6) is 0 Å². The van der Waals surface area contributed by atoms with E-state index in [0.29, 0.717) is 19.4 Å². The van der Waals surface area contributed by atoms with Gasteiger partial charge in [0.15, 0.2) is 0 Å². The monoisotopic (exact) mass is 212 g/mol. The molecule has 6 heteroatoms. The normalized spacial score (nSPS) is 29.5. The lowest BCUT2D eigenvalue weighted by atomic mass is 10.0. The average molecular weight is 212 g/mol.